The van der Waals surface area contributed by atoms with Crippen molar-refractivity contribution in [3.05, 3.63) is 47.0 Å². The van der Waals surface area contributed by atoms with Crippen LogP contribution in [0.3, 0.4) is 0 Å². The Morgan fingerprint density at radius 3 is 3.00 bits per heavy atom. The molecule has 1 aromatic carbocycles. The zero-order chi connectivity index (χ0) is 12.3. The molecule has 0 radical (unpaired) electrons. The molecule has 1 amide bonds. The smallest absolute Gasteiger partial charge is 0.244 e. The molecule has 4 nitrogen and oxygen atoms in total. The number of carbonyl (C=O) groups excluding carboxylic acids is 1. The quantitative estimate of drug-likeness (QED) is 0.945. The minimum absolute atomic E-state index is 0.0651. The molecule has 88 valence electrons. The van der Waals surface area contributed by atoms with Crippen molar-refractivity contribution in [1.29, 1.82) is 0 Å². The summed E-state index contributed by atoms with van der Waals surface area (Å²) >= 11 is 3.42. The first-order chi connectivity index (χ1) is 8.15. The summed E-state index contributed by atoms with van der Waals surface area (Å²) in [6.07, 6.45) is 5.02. The van der Waals surface area contributed by atoms with Crippen LogP contribution in [0.4, 0.5) is 5.69 Å². The van der Waals surface area contributed by atoms with Crippen molar-refractivity contribution >= 4 is 27.5 Å². The fraction of sp³-hybridized carbons (Fsp3) is 0.167. The molecule has 2 rings (SSSR count). The van der Waals surface area contributed by atoms with Crippen LogP contribution >= 0.6 is 15.9 Å². The Morgan fingerprint density at radius 1 is 1.53 bits per heavy atom. The predicted octanol–water partition coefficient (Wildman–Crippen LogP) is 2.59. The molecule has 0 aliphatic carbocycles. The Morgan fingerprint density at radius 2 is 2.35 bits per heavy atom. The van der Waals surface area contributed by atoms with E-state index >= 15 is 0 Å². The number of anilines is 1. The average molecular weight is 294 g/mol. The van der Waals surface area contributed by atoms with Gasteiger partial charge in [0.15, 0.2) is 0 Å². The van der Waals surface area contributed by atoms with E-state index in [0.29, 0.717) is 0 Å². The first-order valence-corrected chi connectivity index (χ1v) is 5.96. The van der Waals surface area contributed by atoms with E-state index in [1.165, 1.54) is 0 Å². The Kier molecular flexibility index (Phi) is 3.58. The second-order valence-corrected chi connectivity index (χ2v) is 4.60. The van der Waals surface area contributed by atoms with E-state index in [2.05, 4.69) is 26.2 Å². The average Bonchev–Trinajstić information content (AvgIpc) is 2.76. The maximum absolute atomic E-state index is 11.7. The number of imidazole rings is 1. The van der Waals surface area contributed by atoms with Gasteiger partial charge in [-0.15, -0.1) is 0 Å². The van der Waals surface area contributed by atoms with Gasteiger partial charge in [0.1, 0.15) is 6.54 Å². The molecule has 0 saturated heterocycles. The number of halogens is 1. The molecular formula is C12H12BrN3O. The summed E-state index contributed by atoms with van der Waals surface area (Å²) in [6.45, 7) is 2.25. The summed E-state index contributed by atoms with van der Waals surface area (Å²) in [5, 5.41) is 2.84. The molecule has 0 bridgehead atoms. The highest BCUT2D eigenvalue weighted by Crippen LogP contribution is 2.19. The maximum atomic E-state index is 11.7. The van der Waals surface area contributed by atoms with E-state index in [0.717, 1.165) is 15.7 Å². The molecule has 5 heteroatoms. The molecule has 1 heterocycles. The highest BCUT2D eigenvalue weighted by atomic mass is 79.9. The molecule has 0 spiro atoms. The van der Waals surface area contributed by atoms with Crippen LogP contribution in [-0.4, -0.2) is 15.5 Å². The fourth-order valence-corrected chi connectivity index (χ4v) is 1.72. The Balaban J connectivity index is 2.00. The van der Waals surface area contributed by atoms with Gasteiger partial charge in [-0.25, -0.2) is 4.98 Å². The van der Waals surface area contributed by atoms with Gasteiger partial charge in [0, 0.05) is 22.6 Å². The standard InChI is InChI=1S/C12H12BrN3O/c1-9-6-10(2-3-11(9)13)15-12(17)7-16-5-4-14-8-16/h2-6,8H,7H2,1H3,(H,15,17). The lowest BCUT2D eigenvalue weighted by Crippen LogP contribution is -2.17. The molecule has 0 saturated carbocycles. The molecule has 2 aromatic rings. The normalized spacial score (nSPS) is 10.2. The second kappa shape index (κ2) is 5.14. The molecule has 0 aliphatic heterocycles. The molecule has 17 heavy (non-hydrogen) atoms. The first kappa shape index (κ1) is 11.9. The number of nitrogens with one attached hydrogen (secondary N) is 1. The van der Waals surface area contributed by atoms with Crippen molar-refractivity contribution in [2.75, 3.05) is 5.32 Å². The zero-order valence-corrected chi connectivity index (χ0v) is 10.9. The van der Waals surface area contributed by atoms with Crippen LogP contribution < -0.4 is 5.32 Å². The van der Waals surface area contributed by atoms with Gasteiger partial charge in [-0.05, 0) is 30.7 Å². The van der Waals surface area contributed by atoms with Crippen LogP contribution in [0.15, 0.2) is 41.4 Å². The third kappa shape index (κ3) is 3.17. The van der Waals surface area contributed by atoms with Crippen molar-refractivity contribution in [3.63, 3.8) is 0 Å². The second-order valence-electron chi connectivity index (χ2n) is 3.75. The van der Waals surface area contributed by atoms with Gasteiger partial charge in [0.25, 0.3) is 0 Å². The Hall–Kier alpha value is -1.62. The number of nitrogens with zero attached hydrogens (tertiary/aromatic N) is 2. The van der Waals surface area contributed by atoms with Crippen molar-refractivity contribution < 1.29 is 4.79 Å². The van der Waals surface area contributed by atoms with Crippen molar-refractivity contribution in [2.45, 2.75) is 13.5 Å². The summed E-state index contributed by atoms with van der Waals surface area (Å²) in [4.78, 5) is 15.6. The minimum atomic E-state index is -0.0651. The van der Waals surface area contributed by atoms with Crippen LogP contribution in [0.1, 0.15) is 5.56 Å². The van der Waals surface area contributed by atoms with Gasteiger partial charge in [0.2, 0.25) is 5.91 Å². The van der Waals surface area contributed by atoms with Gasteiger partial charge in [-0.3, -0.25) is 4.79 Å². The molecule has 0 aliphatic rings. The van der Waals surface area contributed by atoms with E-state index in [1.807, 2.05) is 25.1 Å². The van der Waals surface area contributed by atoms with Crippen molar-refractivity contribution in [2.24, 2.45) is 0 Å². The topological polar surface area (TPSA) is 46.9 Å². The number of carbonyl (C=O) groups is 1. The number of hydrogen-bond acceptors (Lipinski definition) is 2. The third-order valence-electron chi connectivity index (χ3n) is 2.33. The van der Waals surface area contributed by atoms with Crippen LogP contribution in [0.5, 0.6) is 0 Å². The highest BCUT2D eigenvalue weighted by Gasteiger charge is 2.04. The van der Waals surface area contributed by atoms with Crippen molar-refractivity contribution in [3.8, 4) is 0 Å². The van der Waals surface area contributed by atoms with Crippen LogP contribution in [0.25, 0.3) is 0 Å². The van der Waals surface area contributed by atoms with E-state index in [1.54, 1.807) is 23.3 Å². The number of aromatic nitrogens is 2. The van der Waals surface area contributed by atoms with Crippen LogP contribution in [0, 0.1) is 6.92 Å². The summed E-state index contributed by atoms with van der Waals surface area (Å²) < 4.78 is 2.76. The lowest BCUT2D eigenvalue weighted by Gasteiger charge is -2.07. The number of aryl methyl sites for hydroxylation is 1. The number of amides is 1. The summed E-state index contributed by atoms with van der Waals surface area (Å²) in [7, 11) is 0. The SMILES string of the molecule is Cc1cc(NC(=O)Cn2ccnc2)ccc1Br. The summed E-state index contributed by atoms with van der Waals surface area (Å²) in [5.74, 6) is -0.0651. The summed E-state index contributed by atoms with van der Waals surface area (Å²) in [5.41, 5.74) is 1.89. The Bertz CT molecular complexity index is 523. The largest absolute Gasteiger partial charge is 0.328 e. The minimum Gasteiger partial charge on any atom is -0.328 e. The first-order valence-electron chi connectivity index (χ1n) is 5.17. The van der Waals surface area contributed by atoms with Crippen molar-refractivity contribution in [1.82, 2.24) is 9.55 Å². The van der Waals surface area contributed by atoms with E-state index in [4.69, 9.17) is 0 Å². The molecule has 0 unspecified atom stereocenters. The fourth-order valence-electron chi connectivity index (χ4n) is 1.47. The molecule has 0 atom stereocenters. The molecular weight excluding hydrogens is 282 g/mol. The lowest BCUT2D eigenvalue weighted by molar-refractivity contribution is -0.116. The van der Waals surface area contributed by atoms with E-state index in [-0.39, 0.29) is 12.5 Å². The molecule has 0 fully saturated rings. The molecule has 1 N–H and O–H groups in total. The van der Waals surface area contributed by atoms with Gasteiger partial charge in [-0.2, -0.15) is 0 Å². The number of hydrogen-bond donors (Lipinski definition) is 1. The third-order valence-corrected chi connectivity index (χ3v) is 3.22. The number of benzene rings is 1. The van der Waals surface area contributed by atoms with E-state index < -0.39 is 0 Å². The maximum Gasteiger partial charge on any atom is 0.244 e. The molecule has 1 aromatic heterocycles. The number of rotatable bonds is 3. The van der Waals surface area contributed by atoms with Gasteiger partial charge in [-0.1, -0.05) is 15.9 Å². The highest BCUT2D eigenvalue weighted by molar-refractivity contribution is 9.10. The van der Waals surface area contributed by atoms with Gasteiger partial charge < -0.3 is 9.88 Å². The Labute approximate surface area is 108 Å². The van der Waals surface area contributed by atoms with E-state index in [9.17, 15) is 4.79 Å². The van der Waals surface area contributed by atoms with Crippen LogP contribution in [-0.2, 0) is 11.3 Å². The monoisotopic (exact) mass is 293 g/mol. The van der Waals surface area contributed by atoms with Gasteiger partial charge >= 0.3 is 0 Å². The predicted molar refractivity (Wildman–Crippen MR) is 69.7 cm³/mol. The van der Waals surface area contributed by atoms with Gasteiger partial charge in [0.05, 0.1) is 6.33 Å². The van der Waals surface area contributed by atoms with Crippen LogP contribution in [0.2, 0.25) is 0 Å². The zero-order valence-electron chi connectivity index (χ0n) is 9.35. The lowest BCUT2D eigenvalue weighted by atomic mass is 10.2. The summed E-state index contributed by atoms with van der Waals surface area (Å²) in [6, 6.07) is 5.71.